The monoisotopic (exact) mass is 581 g/mol. The van der Waals surface area contributed by atoms with Gasteiger partial charge >= 0.3 is 5.97 Å². The number of ketones is 1. The summed E-state index contributed by atoms with van der Waals surface area (Å²) in [7, 11) is 0. The zero-order valence-electron chi connectivity index (χ0n) is 26.9. The van der Waals surface area contributed by atoms with Crippen molar-refractivity contribution in [2.24, 2.45) is 10.8 Å². The maximum atomic E-state index is 12.8. The Morgan fingerprint density at radius 3 is 1.60 bits per heavy atom. The zero-order valence-corrected chi connectivity index (χ0v) is 27.7. The van der Waals surface area contributed by atoms with E-state index < -0.39 is 5.41 Å². The number of rotatable bonds is 19. The van der Waals surface area contributed by atoms with Gasteiger partial charge in [-0.3, -0.25) is 9.59 Å². The molecule has 0 aliphatic carbocycles. The Morgan fingerprint density at radius 2 is 1.18 bits per heavy atom. The minimum absolute atomic E-state index is 0. The lowest BCUT2D eigenvalue weighted by Crippen LogP contribution is -2.39. The van der Waals surface area contributed by atoms with Crippen molar-refractivity contribution in [2.45, 2.75) is 151 Å². The van der Waals surface area contributed by atoms with Crippen LogP contribution in [0.4, 0.5) is 0 Å². The standard InChI is InChI=1S/C34H59NO4.ClH/c1-32(2,3)23-19-17-15-13-11-9-10-12-14-16-18-20-24-34(7,8)31(38)39-30-22-21-27(25-28(30)36)29(37)26-35-33(4,5)6;/h21-22,25,35-36H,9-20,23-24,26H2,1-8H3;1H. The highest BCUT2D eigenvalue weighted by molar-refractivity contribution is 5.98. The molecular weight excluding hydrogens is 522 g/mol. The van der Waals surface area contributed by atoms with Crippen molar-refractivity contribution in [2.75, 3.05) is 6.54 Å². The van der Waals surface area contributed by atoms with E-state index in [9.17, 15) is 14.7 Å². The molecular formula is C34H60ClNO4. The fourth-order valence-corrected chi connectivity index (χ4v) is 4.55. The maximum absolute atomic E-state index is 12.8. The highest BCUT2D eigenvalue weighted by Crippen LogP contribution is 2.32. The molecule has 0 spiro atoms. The first-order chi connectivity index (χ1) is 18.1. The number of benzene rings is 1. The van der Waals surface area contributed by atoms with Crippen LogP contribution in [0, 0.1) is 10.8 Å². The number of esters is 1. The molecule has 0 atom stereocenters. The Balaban J connectivity index is 0.0000152. The van der Waals surface area contributed by atoms with Crippen LogP contribution in [-0.4, -0.2) is 28.9 Å². The van der Waals surface area contributed by atoms with E-state index in [-0.39, 0.29) is 47.7 Å². The van der Waals surface area contributed by atoms with Gasteiger partial charge in [-0.15, -0.1) is 12.4 Å². The van der Waals surface area contributed by atoms with Crippen LogP contribution in [0.1, 0.15) is 156 Å². The van der Waals surface area contributed by atoms with E-state index in [0.717, 1.165) is 19.3 Å². The van der Waals surface area contributed by atoms with Crippen molar-refractivity contribution in [1.29, 1.82) is 0 Å². The second kappa shape index (κ2) is 18.8. The molecule has 40 heavy (non-hydrogen) atoms. The van der Waals surface area contributed by atoms with E-state index in [1.807, 2.05) is 34.6 Å². The van der Waals surface area contributed by atoms with Crippen molar-refractivity contribution in [3.63, 3.8) is 0 Å². The molecule has 2 N–H and O–H groups in total. The van der Waals surface area contributed by atoms with Crippen LogP contribution in [-0.2, 0) is 4.79 Å². The van der Waals surface area contributed by atoms with Crippen molar-refractivity contribution < 1.29 is 19.4 Å². The van der Waals surface area contributed by atoms with Crippen LogP contribution < -0.4 is 10.1 Å². The summed E-state index contributed by atoms with van der Waals surface area (Å²) in [6.07, 6.45) is 17.5. The average molecular weight is 582 g/mol. The molecule has 0 amide bonds. The molecule has 1 aromatic rings. The van der Waals surface area contributed by atoms with Gasteiger partial charge < -0.3 is 15.2 Å². The number of ether oxygens (including phenoxy) is 1. The van der Waals surface area contributed by atoms with Crippen LogP contribution in [0.2, 0.25) is 0 Å². The van der Waals surface area contributed by atoms with E-state index in [4.69, 9.17) is 4.74 Å². The van der Waals surface area contributed by atoms with E-state index in [1.54, 1.807) is 6.07 Å². The Morgan fingerprint density at radius 1 is 0.725 bits per heavy atom. The number of unbranched alkanes of at least 4 members (excludes halogenated alkanes) is 11. The van der Waals surface area contributed by atoms with Crippen LogP contribution in [0.5, 0.6) is 11.5 Å². The molecule has 0 saturated heterocycles. The SMILES string of the molecule is CC(C)(C)CCCCCCCCCCCCCCC(C)(C)C(=O)Oc1ccc(C(=O)CNC(C)(C)C)cc1O.Cl. The largest absolute Gasteiger partial charge is 0.504 e. The van der Waals surface area contributed by atoms with Gasteiger partial charge in [-0.2, -0.15) is 0 Å². The zero-order chi connectivity index (χ0) is 29.5. The molecule has 0 heterocycles. The van der Waals surface area contributed by atoms with Gasteiger partial charge in [0.1, 0.15) is 0 Å². The predicted molar refractivity (Wildman–Crippen MR) is 171 cm³/mol. The van der Waals surface area contributed by atoms with Crippen molar-refractivity contribution in [3.05, 3.63) is 23.8 Å². The molecule has 0 aliphatic rings. The van der Waals surface area contributed by atoms with E-state index in [2.05, 4.69) is 26.1 Å². The first-order valence-corrected chi connectivity index (χ1v) is 15.4. The summed E-state index contributed by atoms with van der Waals surface area (Å²) in [6.45, 7) is 16.9. The van der Waals surface area contributed by atoms with Crippen molar-refractivity contribution in [1.82, 2.24) is 5.32 Å². The van der Waals surface area contributed by atoms with E-state index in [0.29, 0.717) is 11.0 Å². The van der Waals surface area contributed by atoms with Crippen LogP contribution >= 0.6 is 12.4 Å². The molecule has 0 bridgehead atoms. The average Bonchev–Trinajstić information content (AvgIpc) is 2.82. The number of hydrogen-bond acceptors (Lipinski definition) is 5. The van der Waals surface area contributed by atoms with Gasteiger partial charge in [-0.1, -0.05) is 97.8 Å². The molecule has 232 valence electrons. The quantitative estimate of drug-likeness (QED) is 0.0735. The normalized spacial score (nSPS) is 12.2. The van der Waals surface area contributed by atoms with Crippen molar-refractivity contribution >= 4 is 24.2 Å². The lowest BCUT2D eigenvalue weighted by Gasteiger charge is -2.22. The molecule has 0 aromatic heterocycles. The summed E-state index contributed by atoms with van der Waals surface area (Å²) < 4.78 is 5.52. The summed E-state index contributed by atoms with van der Waals surface area (Å²) in [6, 6.07) is 4.47. The summed E-state index contributed by atoms with van der Waals surface area (Å²) in [5.74, 6) is -0.579. The molecule has 6 heteroatoms. The summed E-state index contributed by atoms with van der Waals surface area (Å²) >= 11 is 0. The molecule has 0 saturated carbocycles. The second-order valence-corrected chi connectivity index (χ2v) is 14.3. The molecule has 1 rings (SSSR count). The van der Waals surface area contributed by atoms with Gasteiger partial charge in [0.05, 0.1) is 12.0 Å². The van der Waals surface area contributed by atoms with E-state index >= 15 is 0 Å². The number of phenolic OH excluding ortho intramolecular Hbond substituents is 1. The van der Waals surface area contributed by atoms with Gasteiger partial charge in [-0.25, -0.2) is 0 Å². The fraction of sp³-hybridized carbons (Fsp3) is 0.765. The summed E-state index contributed by atoms with van der Waals surface area (Å²) in [4.78, 5) is 25.2. The molecule has 1 aromatic carbocycles. The fourth-order valence-electron chi connectivity index (χ4n) is 4.55. The van der Waals surface area contributed by atoms with Gasteiger partial charge in [-0.05, 0) is 71.1 Å². The van der Waals surface area contributed by atoms with Gasteiger partial charge in [0.25, 0.3) is 0 Å². The minimum Gasteiger partial charge on any atom is -0.504 e. The molecule has 0 fully saturated rings. The number of phenols is 1. The number of Topliss-reactive ketones (excluding diaryl/α,β-unsaturated/α-hetero) is 1. The maximum Gasteiger partial charge on any atom is 0.317 e. The first kappa shape index (κ1) is 38.4. The van der Waals surface area contributed by atoms with E-state index in [1.165, 1.54) is 82.8 Å². The Kier molecular flexibility index (Phi) is 18.0. The van der Waals surface area contributed by atoms with Crippen LogP contribution in [0.15, 0.2) is 18.2 Å². The Labute approximate surface area is 252 Å². The first-order valence-electron chi connectivity index (χ1n) is 15.4. The van der Waals surface area contributed by atoms with Crippen molar-refractivity contribution in [3.8, 4) is 11.5 Å². The summed E-state index contributed by atoms with van der Waals surface area (Å²) in [5, 5.41) is 13.5. The smallest absolute Gasteiger partial charge is 0.317 e. The van der Waals surface area contributed by atoms with Crippen LogP contribution in [0.3, 0.4) is 0 Å². The lowest BCUT2D eigenvalue weighted by molar-refractivity contribution is -0.144. The molecule has 5 nitrogen and oxygen atoms in total. The number of hydrogen-bond donors (Lipinski definition) is 2. The highest BCUT2D eigenvalue weighted by atomic mass is 35.5. The molecule has 0 radical (unpaired) electrons. The highest BCUT2D eigenvalue weighted by Gasteiger charge is 2.30. The number of carbonyl (C=O) groups excluding carboxylic acids is 2. The van der Waals surface area contributed by atoms with Gasteiger partial charge in [0, 0.05) is 11.1 Å². The number of aromatic hydroxyl groups is 1. The Bertz CT molecular complexity index is 868. The summed E-state index contributed by atoms with van der Waals surface area (Å²) in [5.41, 5.74) is 0.0488. The minimum atomic E-state index is -0.634. The topological polar surface area (TPSA) is 75.6 Å². The third-order valence-corrected chi connectivity index (χ3v) is 7.29. The van der Waals surface area contributed by atoms with Gasteiger partial charge in [0.2, 0.25) is 0 Å². The lowest BCUT2D eigenvalue weighted by atomic mass is 9.87. The predicted octanol–water partition coefficient (Wildman–Crippen LogP) is 9.82. The third kappa shape index (κ3) is 18.0. The van der Waals surface area contributed by atoms with Gasteiger partial charge in [0.15, 0.2) is 17.3 Å². The third-order valence-electron chi connectivity index (χ3n) is 7.29. The van der Waals surface area contributed by atoms with Crippen LogP contribution in [0.25, 0.3) is 0 Å². The molecule has 0 aliphatic heterocycles. The Hall–Kier alpha value is -1.59. The molecule has 0 unspecified atom stereocenters. The number of nitrogens with one attached hydrogen (secondary N) is 1. The second-order valence-electron chi connectivity index (χ2n) is 14.3. The number of carbonyl (C=O) groups is 2. The number of halogens is 1.